The molecular weight excluding hydrogens is 404 g/mol. The molecule has 2 aromatic carbocycles. The summed E-state index contributed by atoms with van der Waals surface area (Å²) in [4.78, 5) is 0.562. The van der Waals surface area contributed by atoms with Crippen molar-refractivity contribution in [2.24, 2.45) is 11.8 Å². The molecule has 4 rings (SSSR count). The third-order valence-electron chi connectivity index (χ3n) is 5.46. The molecule has 2 aliphatic carbocycles. The van der Waals surface area contributed by atoms with Crippen LogP contribution in [0.25, 0.3) is 0 Å². The molecule has 2 aliphatic rings. The quantitative estimate of drug-likeness (QED) is 0.703. The van der Waals surface area contributed by atoms with Crippen LogP contribution in [0.2, 0.25) is 0 Å². The highest BCUT2D eigenvalue weighted by atomic mass is 35.5. The first-order valence-corrected chi connectivity index (χ1v) is 12.2. The van der Waals surface area contributed by atoms with Gasteiger partial charge in [0.15, 0.2) is 9.84 Å². The fourth-order valence-electron chi connectivity index (χ4n) is 4.09. The molecule has 27 heavy (non-hydrogen) atoms. The molecule has 1 fully saturated rings. The van der Waals surface area contributed by atoms with Gasteiger partial charge in [0.1, 0.15) is 0 Å². The first-order valence-electron chi connectivity index (χ1n) is 8.69. The van der Waals surface area contributed by atoms with Crippen molar-refractivity contribution in [3.8, 4) is 0 Å². The number of aryl methyl sites for hydroxylation is 1. The molecule has 0 spiro atoms. The maximum Gasteiger partial charge on any atom is 0.202 e. The lowest BCUT2D eigenvalue weighted by Crippen LogP contribution is -2.37. The Bertz CT molecular complexity index is 1100. The largest absolute Gasteiger partial charge is 0.223 e. The van der Waals surface area contributed by atoms with Crippen molar-refractivity contribution in [1.29, 1.82) is 0 Å². The molecule has 4 nitrogen and oxygen atoms in total. The van der Waals surface area contributed by atoms with E-state index in [1.165, 1.54) is 12.1 Å². The highest BCUT2D eigenvalue weighted by Gasteiger charge is 2.56. The average molecular weight is 423 g/mol. The van der Waals surface area contributed by atoms with Crippen molar-refractivity contribution < 1.29 is 16.8 Å². The summed E-state index contributed by atoms with van der Waals surface area (Å²) in [6.07, 6.45) is 2.11. The van der Waals surface area contributed by atoms with E-state index in [1.807, 2.05) is 6.92 Å². The summed E-state index contributed by atoms with van der Waals surface area (Å²) < 4.78 is 52.7. The van der Waals surface area contributed by atoms with Crippen molar-refractivity contribution in [3.63, 3.8) is 0 Å². The highest BCUT2D eigenvalue weighted by molar-refractivity contribution is 7.95. The Morgan fingerprint density at radius 3 is 2.11 bits per heavy atom. The normalized spacial score (nSPS) is 27.6. The fourth-order valence-corrected chi connectivity index (χ4v) is 8.78. The second kappa shape index (κ2) is 6.47. The Hall–Kier alpha value is -1.63. The second-order valence-corrected chi connectivity index (χ2v) is 11.7. The number of fused-ring (bicyclic) bond motifs is 2. The van der Waals surface area contributed by atoms with Crippen LogP contribution < -0.4 is 0 Å². The minimum absolute atomic E-state index is 0.181. The summed E-state index contributed by atoms with van der Waals surface area (Å²) in [6.45, 7) is 1.88. The maximum atomic E-state index is 13.2. The van der Waals surface area contributed by atoms with Crippen molar-refractivity contribution in [3.05, 3.63) is 71.1 Å². The fraction of sp³-hybridized carbons (Fsp3) is 0.300. The zero-order valence-electron chi connectivity index (χ0n) is 14.6. The molecule has 0 N–H and O–H groups in total. The number of allylic oxidation sites excluding steroid dienone is 2. The minimum Gasteiger partial charge on any atom is -0.223 e. The predicted molar refractivity (Wildman–Crippen MR) is 105 cm³/mol. The number of rotatable bonds is 4. The minimum atomic E-state index is -3.75. The van der Waals surface area contributed by atoms with Crippen molar-refractivity contribution in [1.82, 2.24) is 0 Å². The van der Waals surface area contributed by atoms with Gasteiger partial charge in [0, 0.05) is 5.92 Å². The lowest BCUT2D eigenvalue weighted by molar-refractivity contribution is 0.555. The summed E-state index contributed by atoms with van der Waals surface area (Å²) in [6, 6.07) is 14.7. The van der Waals surface area contributed by atoms with Gasteiger partial charge < -0.3 is 0 Å². The molecular formula is C20H19ClO4S2. The van der Waals surface area contributed by atoms with Crippen LogP contribution in [-0.4, -0.2) is 27.5 Å². The molecule has 0 amide bonds. The molecule has 2 aromatic rings. The van der Waals surface area contributed by atoms with E-state index in [0.29, 0.717) is 6.42 Å². The third kappa shape index (κ3) is 2.94. The highest BCUT2D eigenvalue weighted by Crippen LogP contribution is 2.53. The van der Waals surface area contributed by atoms with Gasteiger partial charge in [0.05, 0.1) is 25.3 Å². The van der Waals surface area contributed by atoms with Gasteiger partial charge in [-0.05, 0) is 43.5 Å². The molecule has 7 heteroatoms. The molecule has 4 atom stereocenters. The molecule has 2 bridgehead atoms. The van der Waals surface area contributed by atoms with Gasteiger partial charge in [-0.3, -0.25) is 0 Å². The van der Waals surface area contributed by atoms with Crippen LogP contribution in [0.15, 0.2) is 75.4 Å². The lowest BCUT2D eigenvalue weighted by Gasteiger charge is -2.27. The summed E-state index contributed by atoms with van der Waals surface area (Å²) >= 11 is 6.47. The molecule has 142 valence electrons. The Labute approximate surface area is 164 Å². The van der Waals surface area contributed by atoms with E-state index in [0.717, 1.165) is 5.56 Å². The summed E-state index contributed by atoms with van der Waals surface area (Å²) in [5, 5.41) is -1.57. The van der Waals surface area contributed by atoms with Gasteiger partial charge in [-0.1, -0.05) is 42.0 Å². The topological polar surface area (TPSA) is 68.3 Å². The Morgan fingerprint density at radius 2 is 1.52 bits per heavy atom. The Morgan fingerprint density at radius 1 is 0.889 bits per heavy atom. The summed E-state index contributed by atoms with van der Waals surface area (Å²) in [5.41, 5.74) is 0.959. The van der Waals surface area contributed by atoms with Crippen LogP contribution >= 0.6 is 11.6 Å². The van der Waals surface area contributed by atoms with Gasteiger partial charge >= 0.3 is 0 Å². The van der Waals surface area contributed by atoms with Crippen LogP contribution in [0.5, 0.6) is 0 Å². The van der Waals surface area contributed by atoms with Crippen LogP contribution in [0.4, 0.5) is 0 Å². The van der Waals surface area contributed by atoms with Gasteiger partial charge in [-0.15, -0.1) is 11.6 Å². The number of hydrogen-bond donors (Lipinski definition) is 0. The SMILES string of the molecule is Cc1ccc(S(=O)(=O)C2=C[C@@H]3C[C@H]2[C@@H](S(=O)(=O)c2ccccc2)[C@@H]3Cl)cc1. The molecule has 0 aliphatic heterocycles. The molecule has 1 saturated carbocycles. The molecule has 0 unspecified atom stereocenters. The van der Waals surface area contributed by atoms with E-state index < -0.39 is 36.2 Å². The Balaban J connectivity index is 1.76. The number of benzene rings is 2. The molecule has 0 aromatic heterocycles. The number of sulfone groups is 2. The first-order chi connectivity index (χ1) is 12.7. The maximum absolute atomic E-state index is 13.2. The predicted octanol–water partition coefficient (Wildman–Crippen LogP) is 3.75. The smallest absolute Gasteiger partial charge is 0.202 e. The van der Waals surface area contributed by atoms with Crippen molar-refractivity contribution >= 4 is 31.3 Å². The number of alkyl halides is 1. The van der Waals surface area contributed by atoms with E-state index >= 15 is 0 Å². The van der Waals surface area contributed by atoms with E-state index in [1.54, 1.807) is 48.5 Å². The van der Waals surface area contributed by atoms with Crippen molar-refractivity contribution in [2.45, 2.75) is 33.8 Å². The monoisotopic (exact) mass is 422 g/mol. The summed E-state index contributed by atoms with van der Waals surface area (Å²) in [7, 11) is -7.49. The van der Waals surface area contributed by atoms with Gasteiger partial charge in [-0.25, -0.2) is 16.8 Å². The third-order valence-corrected chi connectivity index (χ3v) is 10.4. The van der Waals surface area contributed by atoms with Gasteiger partial charge in [-0.2, -0.15) is 0 Å². The standard InChI is InChI=1S/C20H19ClO4S2/c1-13-7-9-16(10-8-13)26(22,23)18-12-14-11-17(18)20(19(14)21)27(24,25)15-5-3-2-4-6-15/h2-10,12,14,17,19-20H,11H2,1H3/t14-,17+,19+,20+/m0/s1. The Kier molecular flexibility index (Phi) is 4.48. The van der Waals surface area contributed by atoms with Gasteiger partial charge in [0.25, 0.3) is 0 Å². The van der Waals surface area contributed by atoms with Crippen LogP contribution in [0.3, 0.4) is 0 Å². The van der Waals surface area contributed by atoms with Gasteiger partial charge in [0.2, 0.25) is 9.84 Å². The molecule has 0 heterocycles. The van der Waals surface area contributed by atoms with Crippen LogP contribution in [0.1, 0.15) is 12.0 Å². The van der Waals surface area contributed by atoms with Crippen LogP contribution in [0, 0.1) is 18.8 Å². The average Bonchev–Trinajstić information content (AvgIpc) is 3.21. The summed E-state index contributed by atoms with van der Waals surface area (Å²) in [5.74, 6) is -0.871. The first kappa shape index (κ1) is 18.7. The van der Waals surface area contributed by atoms with E-state index in [9.17, 15) is 16.8 Å². The zero-order valence-corrected chi connectivity index (χ0v) is 17.0. The van der Waals surface area contributed by atoms with Crippen molar-refractivity contribution in [2.75, 3.05) is 0 Å². The lowest BCUT2D eigenvalue weighted by atomic mass is 10.1. The van der Waals surface area contributed by atoms with E-state index in [-0.39, 0.29) is 20.6 Å². The van der Waals surface area contributed by atoms with E-state index in [2.05, 4.69) is 0 Å². The zero-order chi connectivity index (χ0) is 19.4. The second-order valence-electron chi connectivity index (χ2n) is 7.16. The van der Waals surface area contributed by atoms with Crippen LogP contribution in [-0.2, 0) is 19.7 Å². The number of halogens is 1. The molecule has 0 radical (unpaired) electrons. The molecule has 0 saturated heterocycles. The number of hydrogen-bond acceptors (Lipinski definition) is 4. The van der Waals surface area contributed by atoms with E-state index in [4.69, 9.17) is 11.6 Å².